The predicted molar refractivity (Wildman–Crippen MR) is 95.3 cm³/mol. The number of carbonyl (C=O) groups is 1. The van der Waals surface area contributed by atoms with Crippen molar-refractivity contribution in [3.63, 3.8) is 0 Å². The number of anilines is 1. The third kappa shape index (κ3) is 5.46. The van der Waals surface area contributed by atoms with E-state index in [2.05, 4.69) is 10.6 Å². The van der Waals surface area contributed by atoms with Gasteiger partial charge in [0, 0.05) is 17.8 Å². The molecule has 2 aromatic carbocycles. The molecular weight excluding hydrogens is 323 g/mol. The van der Waals surface area contributed by atoms with Gasteiger partial charge in [0.05, 0.1) is 12.7 Å². The molecule has 0 aliphatic heterocycles. The third-order valence-electron chi connectivity index (χ3n) is 3.64. The standard InChI is InChI=1S/C19H23FN2O3/c1-3-10-25-14-8-9-17(13(2)11-14)22-19(24)21-12-18(23)15-6-4-5-7-16(15)20/h4-9,11,18,23H,3,10,12H2,1-2H3,(H2,21,22,24). The lowest BCUT2D eigenvalue weighted by Gasteiger charge is -2.15. The predicted octanol–water partition coefficient (Wildman–Crippen LogP) is 3.78. The Morgan fingerprint density at radius 3 is 2.72 bits per heavy atom. The first-order valence-corrected chi connectivity index (χ1v) is 8.22. The highest BCUT2D eigenvalue weighted by Gasteiger charge is 2.13. The number of aryl methyl sites for hydroxylation is 1. The topological polar surface area (TPSA) is 70.6 Å². The zero-order chi connectivity index (χ0) is 18.2. The number of carbonyl (C=O) groups excluding carboxylic acids is 1. The SMILES string of the molecule is CCCOc1ccc(NC(=O)NCC(O)c2ccccc2F)c(C)c1. The van der Waals surface area contributed by atoms with E-state index in [1.54, 1.807) is 24.3 Å². The molecule has 134 valence electrons. The molecule has 1 atom stereocenters. The van der Waals surface area contributed by atoms with Gasteiger partial charge in [0.25, 0.3) is 0 Å². The number of halogens is 1. The zero-order valence-electron chi connectivity index (χ0n) is 14.4. The van der Waals surface area contributed by atoms with Crippen LogP contribution in [0.5, 0.6) is 5.75 Å². The van der Waals surface area contributed by atoms with E-state index in [1.807, 2.05) is 19.9 Å². The number of urea groups is 1. The van der Waals surface area contributed by atoms with E-state index in [4.69, 9.17) is 4.74 Å². The fourth-order valence-electron chi connectivity index (χ4n) is 2.30. The second kappa shape index (κ2) is 9.03. The smallest absolute Gasteiger partial charge is 0.319 e. The second-order valence-electron chi connectivity index (χ2n) is 5.70. The Labute approximate surface area is 146 Å². The van der Waals surface area contributed by atoms with Crippen LogP contribution in [0.2, 0.25) is 0 Å². The van der Waals surface area contributed by atoms with Crippen LogP contribution in [-0.4, -0.2) is 24.3 Å². The van der Waals surface area contributed by atoms with Crippen molar-refractivity contribution < 1.29 is 19.0 Å². The summed E-state index contributed by atoms with van der Waals surface area (Å²) < 4.78 is 19.1. The van der Waals surface area contributed by atoms with Crippen molar-refractivity contribution >= 4 is 11.7 Å². The minimum absolute atomic E-state index is 0.0937. The zero-order valence-corrected chi connectivity index (χ0v) is 14.4. The molecule has 3 N–H and O–H groups in total. The van der Waals surface area contributed by atoms with E-state index < -0.39 is 18.0 Å². The lowest BCUT2D eigenvalue weighted by atomic mass is 10.1. The van der Waals surface area contributed by atoms with Gasteiger partial charge in [-0.2, -0.15) is 0 Å². The minimum atomic E-state index is -1.11. The number of amides is 2. The van der Waals surface area contributed by atoms with Crippen LogP contribution in [0, 0.1) is 12.7 Å². The minimum Gasteiger partial charge on any atom is -0.494 e. The Bertz CT molecular complexity index is 722. The van der Waals surface area contributed by atoms with Crippen molar-refractivity contribution in [2.24, 2.45) is 0 Å². The van der Waals surface area contributed by atoms with Crippen LogP contribution < -0.4 is 15.4 Å². The molecule has 0 fully saturated rings. The molecule has 2 aromatic rings. The number of nitrogens with one attached hydrogen (secondary N) is 2. The first kappa shape index (κ1) is 18.7. The number of aliphatic hydroxyl groups excluding tert-OH is 1. The summed E-state index contributed by atoms with van der Waals surface area (Å²) in [6, 6.07) is 10.8. The van der Waals surface area contributed by atoms with Gasteiger partial charge in [0.1, 0.15) is 11.6 Å². The average molecular weight is 346 g/mol. The van der Waals surface area contributed by atoms with Gasteiger partial charge >= 0.3 is 6.03 Å². The molecule has 0 saturated carbocycles. The van der Waals surface area contributed by atoms with Crippen molar-refractivity contribution in [2.45, 2.75) is 26.4 Å². The number of benzene rings is 2. The molecule has 25 heavy (non-hydrogen) atoms. The van der Waals surface area contributed by atoms with Crippen molar-refractivity contribution in [1.29, 1.82) is 0 Å². The summed E-state index contributed by atoms with van der Waals surface area (Å²) in [5, 5.41) is 15.2. The number of hydrogen-bond donors (Lipinski definition) is 3. The van der Waals surface area contributed by atoms with Gasteiger partial charge in [-0.1, -0.05) is 25.1 Å². The molecule has 0 aliphatic carbocycles. The fraction of sp³-hybridized carbons (Fsp3) is 0.316. The monoisotopic (exact) mass is 346 g/mol. The molecule has 0 spiro atoms. The van der Waals surface area contributed by atoms with E-state index in [9.17, 15) is 14.3 Å². The Balaban J connectivity index is 1.89. The van der Waals surface area contributed by atoms with Crippen LogP contribution in [0.15, 0.2) is 42.5 Å². The molecule has 0 bridgehead atoms. The van der Waals surface area contributed by atoms with Crippen LogP contribution in [-0.2, 0) is 0 Å². The molecule has 0 aliphatic rings. The van der Waals surface area contributed by atoms with Gasteiger partial charge in [-0.25, -0.2) is 9.18 Å². The maximum atomic E-state index is 13.6. The number of hydrogen-bond acceptors (Lipinski definition) is 3. The fourth-order valence-corrected chi connectivity index (χ4v) is 2.30. The molecule has 0 saturated heterocycles. The van der Waals surface area contributed by atoms with E-state index in [0.29, 0.717) is 12.3 Å². The van der Waals surface area contributed by atoms with Crippen molar-refractivity contribution in [3.05, 3.63) is 59.4 Å². The molecular formula is C19H23FN2O3. The molecule has 1 unspecified atom stereocenters. The second-order valence-corrected chi connectivity index (χ2v) is 5.70. The van der Waals surface area contributed by atoms with Crippen molar-refractivity contribution in [1.82, 2.24) is 5.32 Å². The Morgan fingerprint density at radius 1 is 1.28 bits per heavy atom. The molecule has 5 nitrogen and oxygen atoms in total. The van der Waals surface area contributed by atoms with Crippen LogP contribution in [0.3, 0.4) is 0 Å². The number of aliphatic hydroxyl groups is 1. The lowest BCUT2D eigenvalue weighted by molar-refractivity contribution is 0.170. The van der Waals surface area contributed by atoms with Crippen LogP contribution in [0.4, 0.5) is 14.9 Å². The van der Waals surface area contributed by atoms with Gasteiger partial charge in [0.15, 0.2) is 0 Å². The van der Waals surface area contributed by atoms with Gasteiger partial charge in [-0.15, -0.1) is 0 Å². The van der Waals surface area contributed by atoms with E-state index >= 15 is 0 Å². The van der Waals surface area contributed by atoms with E-state index in [1.165, 1.54) is 12.1 Å². The normalized spacial score (nSPS) is 11.7. The van der Waals surface area contributed by atoms with Crippen molar-refractivity contribution in [3.8, 4) is 5.75 Å². The summed E-state index contributed by atoms with van der Waals surface area (Å²) in [5.41, 5.74) is 1.65. The molecule has 0 heterocycles. The molecule has 0 radical (unpaired) electrons. The Kier molecular flexibility index (Phi) is 6.77. The van der Waals surface area contributed by atoms with Crippen LogP contribution >= 0.6 is 0 Å². The first-order chi connectivity index (χ1) is 12.0. The highest BCUT2D eigenvalue weighted by molar-refractivity contribution is 5.90. The summed E-state index contributed by atoms with van der Waals surface area (Å²) in [4.78, 5) is 12.0. The summed E-state index contributed by atoms with van der Waals surface area (Å²) in [6.45, 7) is 4.44. The molecule has 6 heteroatoms. The Morgan fingerprint density at radius 2 is 2.04 bits per heavy atom. The molecule has 0 aromatic heterocycles. The maximum absolute atomic E-state index is 13.6. The van der Waals surface area contributed by atoms with Crippen LogP contribution in [0.1, 0.15) is 30.6 Å². The largest absolute Gasteiger partial charge is 0.494 e. The Hall–Kier alpha value is -2.60. The van der Waals surface area contributed by atoms with Crippen molar-refractivity contribution in [2.75, 3.05) is 18.5 Å². The summed E-state index contributed by atoms with van der Waals surface area (Å²) in [5.74, 6) is 0.246. The lowest BCUT2D eigenvalue weighted by Crippen LogP contribution is -2.32. The molecule has 2 rings (SSSR count). The molecule has 2 amide bonds. The quantitative estimate of drug-likeness (QED) is 0.714. The maximum Gasteiger partial charge on any atom is 0.319 e. The number of ether oxygens (including phenoxy) is 1. The van der Waals surface area contributed by atoms with Gasteiger partial charge in [-0.05, 0) is 43.2 Å². The van der Waals surface area contributed by atoms with Crippen LogP contribution in [0.25, 0.3) is 0 Å². The van der Waals surface area contributed by atoms with E-state index in [-0.39, 0.29) is 12.1 Å². The summed E-state index contributed by atoms with van der Waals surface area (Å²) >= 11 is 0. The third-order valence-corrected chi connectivity index (χ3v) is 3.64. The van der Waals surface area contributed by atoms with Gasteiger partial charge in [-0.3, -0.25) is 0 Å². The van der Waals surface area contributed by atoms with Gasteiger partial charge in [0.2, 0.25) is 0 Å². The highest BCUT2D eigenvalue weighted by Crippen LogP contribution is 2.21. The number of rotatable bonds is 7. The summed E-state index contributed by atoms with van der Waals surface area (Å²) in [7, 11) is 0. The van der Waals surface area contributed by atoms with Gasteiger partial charge < -0.3 is 20.5 Å². The highest BCUT2D eigenvalue weighted by atomic mass is 19.1. The summed E-state index contributed by atoms with van der Waals surface area (Å²) in [6.07, 6.45) is -0.191. The average Bonchev–Trinajstić information content (AvgIpc) is 2.60. The first-order valence-electron chi connectivity index (χ1n) is 8.22. The van der Waals surface area contributed by atoms with E-state index in [0.717, 1.165) is 17.7 Å².